The lowest BCUT2D eigenvalue weighted by Gasteiger charge is -2.41. The van der Waals surface area contributed by atoms with Crippen molar-refractivity contribution in [1.82, 2.24) is 14.5 Å². The average molecular weight is 644 g/mol. The largest absolute Gasteiger partial charge is 0.465 e. The van der Waals surface area contributed by atoms with Gasteiger partial charge in [0, 0.05) is 38.1 Å². The topological polar surface area (TPSA) is 114 Å². The van der Waals surface area contributed by atoms with Crippen molar-refractivity contribution < 1.29 is 32.2 Å². The lowest BCUT2D eigenvalue weighted by Crippen LogP contribution is -2.57. The van der Waals surface area contributed by atoms with E-state index in [0.717, 1.165) is 29.3 Å². The Balaban J connectivity index is 1.40. The van der Waals surface area contributed by atoms with E-state index < -0.39 is 39.8 Å². The highest BCUT2D eigenvalue weighted by molar-refractivity contribution is 7.89. The quantitative estimate of drug-likeness (QED) is 0.310. The smallest absolute Gasteiger partial charge is 0.321 e. The minimum atomic E-state index is -4.24. The van der Waals surface area contributed by atoms with Crippen LogP contribution in [0, 0.1) is 0 Å². The summed E-state index contributed by atoms with van der Waals surface area (Å²) in [6.45, 7) is 4.82. The molecule has 1 spiro atoms. The number of esters is 2. The molecular weight excluding hydrogens is 606 g/mol. The summed E-state index contributed by atoms with van der Waals surface area (Å²) < 4.78 is 46.6. The first-order valence-electron chi connectivity index (χ1n) is 14.7. The number of rotatable bonds is 11. The fraction of sp³-hybridized carbons (Fsp3) is 0.438. The maximum Gasteiger partial charge on any atom is 0.321 e. The minimum Gasteiger partial charge on any atom is -0.465 e. The Hall–Kier alpha value is -3.06. The van der Waals surface area contributed by atoms with E-state index in [4.69, 9.17) is 25.8 Å². The zero-order valence-corrected chi connectivity index (χ0v) is 26.5. The fourth-order valence-electron chi connectivity index (χ4n) is 5.85. The number of benzene rings is 3. The van der Waals surface area contributed by atoms with Gasteiger partial charge in [-0.2, -0.15) is 4.31 Å². The van der Waals surface area contributed by atoms with Gasteiger partial charge in [0.15, 0.2) is 5.72 Å². The second kappa shape index (κ2) is 13.5. The molecule has 1 N–H and O–H groups in total. The SMILES string of the molecule is CCOC(=O)CN(CC1(COC(C)=O)NCC2(CCN(Cc3ccccc3)CC2)O1)S(=O)(=O)c1ccc2cc(Cl)ccc2c1. The molecule has 0 aromatic heterocycles. The van der Waals surface area contributed by atoms with E-state index in [-0.39, 0.29) is 24.7 Å². The first-order chi connectivity index (χ1) is 21.0. The zero-order chi connectivity index (χ0) is 31.4. The van der Waals surface area contributed by atoms with Crippen LogP contribution in [0.4, 0.5) is 0 Å². The number of hydrogen-bond acceptors (Lipinski definition) is 9. The number of carbonyl (C=O) groups is 2. The summed E-state index contributed by atoms with van der Waals surface area (Å²) in [6, 6.07) is 20.1. The normalized spacial score (nSPS) is 20.3. The molecule has 2 heterocycles. The van der Waals surface area contributed by atoms with Gasteiger partial charge >= 0.3 is 11.9 Å². The Labute approximate surface area is 263 Å². The van der Waals surface area contributed by atoms with Crippen molar-refractivity contribution in [3.63, 3.8) is 0 Å². The number of halogens is 1. The molecule has 2 saturated heterocycles. The van der Waals surface area contributed by atoms with E-state index >= 15 is 0 Å². The average Bonchev–Trinajstić information content (AvgIpc) is 3.35. The van der Waals surface area contributed by atoms with Crippen LogP contribution < -0.4 is 5.32 Å². The van der Waals surface area contributed by atoms with Crippen LogP contribution in [0.3, 0.4) is 0 Å². The molecule has 236 valence electrons. The van der Waals surface area contributed by atoms with Gasteiger partial charge in [0.25, 0.3) is 0 Å². The zero-order valence-electron chi connectivity index (χ0n) is 25.0. The van der Waals surface area contributed by atoms with Crippen molar-refractivity contribution in [2.45, 2.75) is 49.5 Å². The van der Waals surface area contributed by atoms with Crippen LogP contribution in [0.1, 0.15) is 32.3 Å². The Morgan fingerprint density at radius 2 is 1.73 bits per heavy atom. The van der Waals surface area contributed by atoms with E-state index in [2.05, 4.69) is 22.3 Å². The Morgan fingerprint density at radius 3 is 2.43 bits per heavy atom. The van der Waals surface area contributed by atoms with Gasteiger partial charge in [-0.3, -0.25) is 19.8 Å². The first-order valence-corrected chi connectivity index (χ1v) is 16.5. The summed E-state index contributed by atoms with van der Waals surface area (Å²) in [4.78, 5) is 27.0. The molecule has 0 bridgehead atoms. The van der Waals surface area contributed by atoms with E-state index in [1.165, 1.54) is 18.6 Å². The van der Waals surface area contributed by atoms with Gasteiger partial charge in [-0.25, -0.2) is 8.42 Å². The lowest BCUT2D eigenvalue weighted by atomic mass is 9.91. The predicted octanol–water partition coefficient (Wildman–Crippen LogP) is 3.96. The number of hydrogen-bond donors (Lipinski definition) is 1. The highest BCUT2D eigenvalue weighted by Crippen LogP contribution is 2.37. The second-order valence-corrected chi connectivity index (χ2v) is 13.8. The van der Waals surface area contributed by atoms with E-state index in [1.54, 1.807) is 37.3 Å². The van der Waals surface area contributed by atoms with Gasteiger partial charge in [-0.05, 0) is 60.4 Å². The molecule has 2 aliphatic rings. The molecule has 0 amide bonds. The summed E-state index contributed by atoms with van der Waals surface area (Å²) in [7, 11) is -4.24. The predicted molar refractivity (Wildman–Crippen MR) is 166 cm³/mol. The van der Waals surface area contributed by atoms with Gasteiger partial charge in [0.2, 0.25) is 10.0 Å². The molecule has 12 heteroatoms. The van der Waals surface area contributed by atoms with Crippen LogP contribution in [-0.4, -0.2) is 86.8 Å². The number of fused-ring (bicyclic) bond motifs is 1. The van der Waals surface area contributed by atoms with Gasteiger partial charge in [0.1, 0.15) is 13.2 Å². The van der Waals surface area contributed by atoms with Gasteiger partial charge in [-0.1, -0.05) is 54.1 Å². The number of nitrogens with zero attached hydrogens (tertiary/aromatic N) is 2. The monoisotopic (exact) mass is 643 g/mol. The summed E-state index contributed by atoms with van der Waals surface area (Å²) in [5, 5.41) is 5.35. The molecule has 1 unspecified atom stereocenters. The summed E-state index contributed by atoms with van der Waals surface area (Å²) in [6.07, 6.45) is 1.40. The number of nitrogens with one attached hydrogen (secondary N) is 1. The van der Waals surface area contributed by atoms with Gasteiger partial charge in [-0.15, -0.1) is 0 Å². The number of likely N-dealkylation sites (tertiary alicyclic amines) is 1. The molecule has 3 aromatic carbocycles. The van der Waals surface area contributed by atoms with Crippen LogP contribution in [-0.2, 0) is 40.4 Å². The molecule has 0 radical (unpaired) electrons. The van der Waals surface area contributed by atoms with Crippen LogP contribution in [0.2, 0.25) is 5.02 Å². The van der Waals surface area contributed by atoms with Gasteiger partial charge in [0.05, 0.1) is 23.6 Å². The molecule has 5 rings (SSSR count). The summed E-state index contributed by atoms with van der Waals surface area (Å²) in [5.74, 6) is -1.23. The number of carbonyl (C=O) groups excluding carboxylic acids is 2. The Kier molecular flexibility index (Phi) is 9.93. The third-order valence-corrected chi connectivity index (χ3v) is 10.1. The standard InChI is InChI=1S/C32H38ClN3O7S/c1-3-41-30(38)20-36(44(39,40)29-12-10-26-17-28(33)11-9-27(26)18-29)22-32(23-42-24(2)37)34-21-31(43-32)13-15-35(16-14-31)19-25-7-5-4-6-8-25/h4-12,17-18,34H,3,13-16,19-23H2,1-2H3. The molecule has 0 saturated carbocycles. The second-order valence-electron chi connectivity index (χ2n) is 11.4. The highest BCUT2D eigenvalue weighted by Gasteiger charge is 2.53. The van der Waals surface area contributed by atoms with Crippen molar-refractivity contribution in [3.05, 3.63) is 77.3 Å². The molecule has 1 atom stereocenters. The molecule has 0 aliphatic carbocycles. The first kappa shape index (κ1) is 32.3. The van der Waals surface area contributed by atoms with Crippen LogP contribution in [0.15, 0.2) is 71.6 Å². The maximum absolute atomic E-state index is 14.1. The van der Waals surface area contributed by atoms with E-state index in [0.29, 0.717) is 29.8 Å². The fourth-order valence-corrected chi connectivity index (χ4v) is 7.49. The Morgan fingerprint density at radius 1 is 1.02 bits per heavy atom. The minimum absolute atomic E-state index is 0.00110. The molecule has 2 aliphatic heterocycles. The van der Waals surface area contributed by atoms with Crippen LogP contribution in [0.5, 0.6) is 0 Å². The molecule has 10 nitrogen and oxygen atoms in total. The lowest BCUT2D eigenvalue weighted by molar-refractivity contribution is -0.173. The van der Waals surface area contributed by atoms with Crippen molar-refractivity contribution in [3.8, 4) is 0 Å². The van der Waals surface area contributed by atoms with E-state index in [9.17, 15) is 18.0 Å². The third-order valence-electron chi connectivity index (χ3n) is 8.12. The highest BCUT2D eigenvalue weighted by atomic mass is 35.5. The van der Waals surface area contributed by atoms with E-state index in [1.807, 2.05) is 18.2 Å². The summed E-state index contributed by atoms with van der Waals surface area (Å²) >= 11 is 6.12. The maximum atomic E-state index is 14.1. The van der Waals surface area contributed by atoms with Crippen LogP contribution in [0.25, 0.3) is 10.8 Å². The molecule has 44 heavy (non-hydrogen) atoms. The molecule has 3 aromatic rings. The van der Waals surface area contributed by atoms with Gasteiger partial charge < -0.3 is 14.2 Å². The van der Waals surface area contributed by atoms with Crippen molar-refractivity contribution in [1.29, 1.82) is 0 Å². The van der Waals surface area contributed by atoms with Crippen molar-refractivity contribution in [2.24, 2.45) is 0 Å². The molecular formula is C32H38ClN3O7S. The van der Waals surface area contributed by atoms with Crippen LogP contribution >= 0.6 is 11.6 Å². The number of ether oxygens (including phenoxy) is 3. The number of sulfonamides is 1. The number of piperidine rings is 1. The van der Waals surface area contributed by atoms with Crippen molar-refractivity contribution >= 4 is 44.3 Å². The summed E-state index contributed by atoms with van der Waals surface area (Å²) in [5.41, 5.74) is -0.735. The van der Waals surface area contributed by atoms with Crippen molar-refractivity contribution in [2.75, 3.05) is 45.9 Å². The molecule has 2 fully saturated rings. The Bertz CT molecular complexity index is 1600. The third kappa shape index (κ3) is 7.59.